The zero-order valence-corrected chi connectivity index (χ0v) is 7.56. The van der Waals surface area contributed by atoms with E-state index in [1.807, 2.05) is 18.7 Å². The summed E-state index contributed by atoms with van der Waals surface area (Å²) in [5.41, 5.74) is 0. The third kappa shape index (κ3) is 3.03. The van der Waals surface area contributed by atoms with Crippen LogP contribution in [-0.2, 0) is 0 Å². The highest BCUT2D eigenvalue weighted by Gasteiger charge is 2.22. The van der Waals surface area contributed by atoms with Gasteiger partial charge in [0.1, 0.15) is 0 Å². The lowest BCUT2D eigenvalue weighted by atomic mass is 10.1. The summed E-state index contributed by atoms with van der Waals surface area (Å²) in [6.07, 6.45) is -2.21. The molecule has 0 spiro atoms. The molecule has 0 radical (unpaired) electrons. The Balaban J connectivity index is 2.34. The van der Waals surface area contributed by atoms with Gasteiger partial charge in [0, 0.05) is 25.2 Å². The summed E-state index contributed by atoms with van der Waals surface area (Å²) < 4.78 is 24.0. The van der Waals surface area contributed by atoms with Gasteiger partial charge in [-0.2, -0.15) is 0 Å². The van der Waals surface area contributed by atoms with E-state index in [-0.39, 0.29) is 6.54 Å². The molecule has 1 aliphatic heterocycles. The quantitative estimate of drug-likeness (QED) is 0.676. The van der Waals surface area contributed by atoms with Crippen LogP contribution >= 0.6 is 0 Å². The number of piperazine rings is 1. The Morgan fingerprint density at radius 3 is 2.25 bits per heavy atom. The molecule has 1 fully saturated rings. The highest BCUT2D eigenvalue weighted by atomic mass is 19.3. The molecule has 12 heavy (non-hydrogen) atoms. The van der Waals surface area contributed by atoms with Gasteiger partial charge in [0.25, 0.3) is 6.43 Å². The Labute approximate surface area is 71.9 Å². The molecule has 0 saturated carbocycles. The van der Waals surface area contributed by atoms with E-state index in [1.54, 1.807) is 0 Å². The van der Waals surface area contributed by atoms with E-state index in [0.29, 0.717) is 12.1 Å². The van der Waals surface area contributed by atoms with Gasteiger partial charge in [-0.3, -0.25) is 4.90 Å². The van der Waals surface area contributed by atoms with E-state index in [0.717, 1.165) is 13.1 Å². The molecule has 0 aromatic carbocycles. The van der Waals surface area contributed by atoms with Gasteiger partial charge >= 0.3 is 0 Å². The molecule has 1 heterocycles. The first kappa shape index (κ1) is 9.86. The van der Waals surface area contributed by atoms with Crippen molar-refractivity contribution in [1.82, 2.24) is 10.2 Å². The second-order valence-electron chi connectivity index (χ2n) is 3.58. The van der Waals surface area contributed by atoms with Crippen LogP contribution in [0, 0.1) is 0 Å². The first-order valence-corrected chi connectivity index (χ1v) is 4.34. The normalized spacial score (nSPS) is 32.8. The number of nitrogens with one attached hydrogen (secondary N) is 1. The maximum absolute atomic E-state index is 12.0. The SMILES string of the molecule is CC1CN(CC(F)F)CC(C)N1. The molecule has 0 aromatic rings. The lowest BCUT2D eigenvalue weighted by Crippen LogP contribution is -2.55. The molecular formula is C8H16F2N2. The van der Waals surface area contributed by atoms with Crippen molar-refractivity contribution in [3.05, 3.63) is 0 Å². The van der Waals surface area contributed by atoms with Crippen molar-refractivity contribution >= 4 is 0 Å². The summed E-state index contributed by atoms with van der Waals surface area (Å²) in [7, 11) is 0. The van der Waals surface area contributed by atoms with E-state index in [1.165, 1.54) is 0 Å². The molecule has 1 rings (SSSR count). The standard InChI is InChI=1S/C8H16F2N2/c1-6-3-12(5-8(9)10)4-7(2)11-6/h6-8,11H,3-5H2,1-2H3. The summed E-state index contributed by atoms with van der Waals surface area (Å²) >= 11 is 0. The minimum Gasteiger partial charge on any atom is -0.309 e. The fraction of sp³-hybridized carbons (Fsp3) is 1.00. The van der Waals surface area contributed by atoms with Crippen molar-refractivity contribution in [3.63, 3.8) is 0 Å². The first-order chi connectivity index (χ1) is 5.58. The highest BCUT2D eigenvalue weighted by molar-refractivity contribution is 4.80. The van der Waals surface area contributed by atoms with Gasteiger partial charge in [-0.15, -0.1) is 0 Å². The molecule has 1 aliphatic rings. The molecule has 72 valence electrons. The second-order valence-corrected chi connectivity index (χ2v) is 3.58. The fourth-order valence-corrected chi connectivity index (χ4v) is 1.78. The van der Waals surface area contributed by atoms with Crippen LogP contribution in [0.25, 0.3) is 0 Å². The average Bonchev–Trinajstić information content (AvgIpc) is 1.81. The van der Waals surface area contributed by atoms with E-state index in [9.17, 15) is 8.78 Å². The predicted octanol–water partition coefficient (Wildman–Crippen LogP) is 0.934. The Morgan fingerprint density at radius 1 is 1.33 bits per heavy atom. The van der Waals surface area contributed by atoms with Crippen LogP contribution in [0.4, 0.5) is 8.78 Å². The van der Waals surface area contributed by atoms with E-state index < -0.39 is 6.43 Å². The summed E-state index contributed by atoms with van der Waals surface area (Å²) in [5, 5.41) is 3.30. The fourth-order valence-electron chi connectivity index (χ4n) is 1.78. The van der Waals surface area contributed by atoms with Gasteiger partial charge in [0.2, 0.25) is 0 Å². The van der Waals surface area contributed by atoms with Crippen LogP contribution in [0.5, 0.6) is 0 Å². The minimum absolute atomic E-state index is 0.0869. The Morgan fingerprint density at radius 2 is 1.83 bits per heavy atom. The molecule has 1 saturated heterocycles. The van der Waals surface area contributed by atoms with Crippen molar-refractivity contribution in [3.8, 4) is 0 Å². The maximum Gasteiger partial charge on any atom is 0.251 e. The Hall–Kier alpha value is -0.220. The highest BCUT2D eigenvalue weighted by Crippen LogP contribution is 2.06. The zero-order valence-electron chi connectivity index (χ0n) is 7.56. The van der Waals surface area contributed by atoms with Gasteiger partial charge in [-0.05, 0) is 13.8 Å². The molecule has 2 unspecified atom stereocenters. The molecule has 4 heteroatoms. The van der Waals surface area contributed by atoms with Crippen LogP contribution in [-0.4, -0.2) is 43.0 Å². The molecule has 0 amide bonds. The molecular weight excluding hydrogens is 162 g/mol. The maximum atomic E-state index is 12.0. The molecule has 0 bridgehead atoms. The van der Waals surface area contributed by atoms with Crippen molar-refractivity contribution in [2.75, 3.05) is 19.6 Å². The summed E-state index contributed by atoms with van der Waals surface area (Å²) in [6, 6.07) is 0.653. The summed E-state index contributed by atoms with van der Waals surface area (Å²) in [6.45, 7) is 5.42. The number of nitrogens with zero attached hydrogens (tertiary/aromatic N) is 1. The lowest BCUT2D eigenvalue weighted by molar-refractivity contribution is 0.0653. The van der Waals surface area contributed by atoms with Crippen molar-refractivity contribution in [1.29, 1.82) is 0 Å². The topological polar surface area (TPSA) is 15.3 Å². The predicted molar refractivity (Wildman–Crippen MR) is 44.5 cm³/mol. The van der Waals surface area contributed by atoms with E-state index in [2.05, 4.69) is 5.32 Å². The van der Waals surface area contributed by atoms with Crippen molar-refractivity contribution < 1.29 is 8.78 Å². The average molecular weight is 178 g/mol. The number of rotatable bonds is 2. The Bertz CT molecular complexity index is 128. The van der Waals surface area contributed by atoms with Gasteiger partial charge in [-0.25, -0.2) is 8.78 Å². The number of hydrogen-bond donors (Lipinski definition) is 1. The van der Waals surface area contributed by atoms with Crippen LogP contribution in [0.3, 0.4) is 0 Å². The lowest BCUT2D eigenvalue weighted by Gasteiger charge is -2.35. The largest absolute Gasteiger partial charge is 0.309 e. The third-order valence-corrected chi connectivity index (χ3v) is 2.03. The van der Waals surface area contributed by atoms with Crippen LogP contribution in [0.2, 0.25) is 0 Å². The number of halogens is 2. The number of alkyl halides is 2. The summed E-state index contributed by atoms with van der Waals surface area (Å²) in [5.74, 6) is 0. The minimum atomic E-state index is -2.21. The van der Waals surface area contributed by atoms with Crippen molar-refractivity contribution in [2.45, 2.75) is 32.4 Å². The van der Waals surface area contributed by atoms with Gasteiger partial charge < -0.3 is 5.32 Å². The van der Waals surface area contributed by atoms with E-state index >= 15 is 0 Å². The van der Waals surface area contributed by atoms with Crippen molar-refractivity contribution in [2.24, 2.45) is 0 Å². The van der Waals surface area contributed by atoms with Crippen LogP contribution in [0.15, 0.2) is 0 Å². The van der Waals surface area contributed by atoms with Gasteiger partial charge in [0.05, 0.1) is 6.54 Å². The van der Waals surface area contributed by atoms with E-state index in [4.69, 9.17) is 0 Å². The molecule has 2 atom stereocenters. The second kappa shape index (κ2) is 4.14. The molecule has 2 nitrogen and oxygen atoms in total. The molecule has 0 aliphatic carbocycles. The third-order valence-electron chi connectivity index (χ3n) is 2.03. The van der Waals surface area contributed by atoms with Crippen LogP contribution in [0.1, 0.15) is 13.8 Å². The molecule has 0 aromatic heterocycles. The van der Waals surface area contributed by atoms with Gasteiger partial charge in [0.15, 0.2) is 0 Å². The smallest absolute Gasteiger partial charge is 0.251 e. The monoisotopic (exact) mass is 178 g/mol. The first-order valence-electron chi connectivity index (χ1n) is 4.34. The summed E-state index contributed by atoms with van der Waals surface area (Å²) in [4.78, 5) is 1.82. The Kier molecular flexibility index (Phi) is 3.40. The zero-order chi connectivity index (χ0) is 9.14. The molecule has 1 N–H and O–H groups in total. The number of hydrogen-bond acceptors (Lipinski definition) is 2. The van der Waals surface area contributed by atoms with Crippen LogP contribution < -0.4 is 5.32 Å². The van der Waals surface area contributed by atoms with Gasteiger partial charge in [-0.1, -0.05) is 0 Å².